The summed E-state index contributed by atoms with van der Waals surface area (Å²) in [6.45, 7) is 3.34. The number of likely N-dealkylation sites (tertiary alicyclic amines) is 1. The molecular formula is C17H18N2O2S. The maximum atomic E-state index is 12.6. The first-order valence-corrected chi connectivity index (χ1v) is 8.34. The predicted octanol–water partition coefficient (Wildman–Crippen LogP) is 3.10. The lowest BCUT2D eigenvalue weighted by Crippen LogP contribution is -2.56. The molecule has 0 bridgehead atoms. The SMILES string of the molecule is CCSc1ccccc1C(=O)N1CC(Oc2cccnc2)C1. The standard InChI is InChI=1S/C17H18N2O2S/c1-2-22-16-8-4-3-7-15(16)17(20)19-11-14(12-19)21-13-6-5-9-18-10-13/h3-10,14H,2,11-12H2,1H3. The molecule has 1 aromatic heterocycles. The summed E-state index contributed by atoms with van der Waals surface area (Å²) in [5.74, 6) is 1.79. The second-order valence-corrected chi connectivity index (χ2v) is 6.37. The van der Waals surface area contributed by atoms with Crippen LogP contribution in [0.25, 0.3) is 0 Å². The van der Waals surface area contributed by atoms with Crippen LogP contribution >= 0.6 is 11.8 Å². The zero-order valence-electron chi connectivity index (χ0n) is 12.4. The van der Waals surface area contributed by atoms with Gasteiger partial charge in [-0.2, -0.15) is 0 Å². The van der Waals surface area contributed by atoms with Crippen molar-refractivity contribution in [3.8, 4) is 5.75 Å². The third-order valence-electron chi connectivity index (χ3n) is 3.49. The molecule has 1 amide bonds. The summed E-state index contributed by atoms with van der Waals surface area (Å²) in [6.07, 6.45) is 3.46. The molecule has 1 fully saturated rings. The third kappa shape index (κ3) is 3.25. The van der Waals surface area contributed by atoms with E-state index >= 15 is 0 Å². The van der Waals surface area contributed by atoms with E-state index in [-0.39, 0.29) is 12.0 Å². The molecule has 0 saturated carbocycles. The average Bonchev–Trinajstić information content (AvgIpc) is 2.52. The number of amides is 1. The molecule has 3 rings (SSSR count). The van der Waals surface area contributed by atoms with E-state index in [1.807, 2.05) is 41.3 Å². The van der Waals surface area contributed by atoms with E-state index in [0.717, 1.165) is 22.0 Å². The van der Waals surface area contributed by atoms with Crippen LogP contribution in [0.5, 0.6) is 5.75 Å². The number of aromatic nitrogens is 1. The minimum atomic E-state index is 0.0548. The van der Waals surface area contributed by atoms with Crippen molar-refractivity contribution in [1.29, 1.82) is 0 Å². The Morgan fingerprint density at radius 3 is 2.86 bits per heavy atom. The monoisotopic (exact) mass is 314 g/mol. The normalized spacial score (nSPS) is 14.5. The highest BCUT2D eigenvalue weighted by Gasteiger charge is 2.33. The van der Waals surface area contributed by atoms with Gasteiger partial charge in [-0.3, -0.25) is 9.78 Å². The van der Waals surface area contributed by atoms with Gasteiger partial charge in [0.15, 0.2) is 0 Å². The summed E-state index contributed by atoms with van der Waals surface area (Å²) in [6, 6.07) is 11.5. The molecule has 1 aromatic carbocycles. The third-order valence-corrected chi connectivity index (χ3v) is 4.45. The summed E-state index contributed by atoms with van der Waals surface area (Å²) in [4.78, 5) is 19.5. The van der Waals surface area contributed by atoms with Crippen LogP contribution in [0.15, 0.2) is 53.7 Å². The first kappa shape index (κ1) is 14.9. The minimum absolute atomic E-state index is 0.0548. The second kappa shape index (κ2) is 6.83. The van der Waals surface area contributed by atoms with Gasteiger partial charge in [0.25, 0.3) is 5.91 Å². The summed E-state index contributed by atoms with van der Waals surface area (Å²) in [7, 11) is 0. The molecular weight excluding hydrogens is 296 g/mol. The predicted molar refractivity (Wildman–Crippen MR) is 87.4 cm³/mol. The van der Waals surface area contributed by atoms with Crippen molar-refractivity contribution in [2.24, 2.45) is 0 Å². The molecule has 2 heterocycles. The molecule has 2 aromatic rings. The number of carbonyl (C=O) groups is 1. The number of hydrogen-bond acceptors (Lipinski definition) is 4. The van der Waals surface area contributed by atoms with E-state index in [1.165, 1.54) is 0 Å². The fourth-order valence-electron chi connectivity index (χ4n) is 2.38. The Bertz CT molecular complexity index is 642. The molecule has 1 saturated heterocycles. The van der Waals surface area contributed by atoms with Crippen molar-refractivity contribution in [3.05, 3.63) is 54.4 Å². The van der Waals surface area contributed by atoms with E-state index in [0.29, 0.717) is 13.1 Å². The van der Waals surface area contributed by atoms with Crippen LogP contribution in [0.2, 0.25) is 0 Å². The smallest absolute Gasteiger partial charge is 0.255 e. The quantitative estimate of drug-likeness (QED) is 0.795. The molecule has 0 unspecified atom stereocenters. The Balaban J connectivity index is 1.60. The van der Waals surface area contributed by atoms with Crippen LogP contribution in [-0.2, 0) is 0 Å². The number of ether oxygens (including phenoxy) is 1. The fraction of sp³-hybridized carbons (Fsp3) is 0.294. The van der Waals surface area contributed by atoms with Gasteiger partial charge in [-0.05, 0) is 30.0 Å². The van der Waals surface area contributed by atoms with E-state index in [4.69, 9.17) is 4.74 Å². The Hall–Kier alpha value is -2.01. The fourth-order valence-corrected chi connectivity index (χ4v) is 3.18. The van der Waals surface area contributed by atoms with E-state index in [1.54, 1.807) is 24.2 Å². The molecule has 5 heteroatoms. The van der Waals surface area contributed by atoms with Gasteiger partial charge in [0.05, 0.1) is 24.8 Å². The van der Waals surface area contributed by atoms with Crippen LogP contribution in [0.3, 0.4) is 0 Å². The van der Waals surface area contributed by atoms with Crippen molar-refractivity contribution < 1.29 is 9.53 Å². The first-order chi connectivity index (χ1) is 10.8. The molecule has 0 spiro atoms. The maximum Gasteiger partial charge on any atom is 0.255 e. The number of hydrogen-bond donors (Lipinski definition) is 0. The number of thioether (sulfide) groups is 1. The summed E-state index contributed by atoms with van der Waals surface area (Å²) in [5.41, 5.74) is 0.786. The zero-order chi connectivity index (χ0) is 15.4. The van der Waals surface area contributed by atoms with Gasteiger partial charge in [0.1, 0.15) is 11.9 Å². The maximum absolute atomic E-state index is 12.6. The van der Waals surface area contributed by atoms with Gasteiger partial charge in [-0.15, -0.1) is 11.8 Å². The zero-order valence-corrected chi connectivity index (χ0v) is 13.3. The van der Waals surface area contributed by atoms with E-state index in [9.17, 15) is 4.79 Å². The van der Waals surface area contributed by atoms with Crippen molar-refractivity contribution in [3.63, 3.8) is 0 Å². The number of nitrogens with zero attached hydrogens (tertiary/aromatic N) is 2. The van der Waals surface area contributed by atoms with Gasteiger partial charge < -0.3 is 9.64 Å². The summed E-state index contributed by atoms with van der Waals surface area (Å²) >= 11 is 1.70. The molecule has 22 heavy (non-hydrogen) atoms. The van der Waals surface area contributed by atoms with Crippen molar-refractivity contribution in [2.75, 3.05) is 18.8 Å². The van der Waals surface area contributed by atoms with Gasteiger partial charge in [-0.25, -0.2) is 0 Å². The lowest BCUT2D eigenvalue weighted by atomic mass is 10.1. The van der Waals surface area contributed by atoms with Crippen LogP contribution < -0.4 is 4.74 Å². The number of pyridine rings is 1. The van der Waals surface area contributed by atoms with Crippen LogP contribution in [0.1, 0.15) is 17.3 Å². The Kier molecular flexibility index (Phi) is 4.63. The summed E-state index contributed by atoms with van der Waals surface area (Å²) in [5, 5.41) is 0. The molecule has 1 aliphatic rings. The number of carbonyl (C=O) groups excluding carboxylic acids is 1. The average molecular weight is 314 g/mol. The van der Waals surface area contributed by atoms with Crippen molar-refractivity contribution in [1.82, 2.24) is 9.88 Å². The highest BCUT2D eigenvalue weighted by atomic mass is 32.2. The van der Waals surface area contributed by atoms with Gasteiger partial charge >= 0.3 is 0 Å². The molecule has 0 N–H and O–H groups in total. The Labute approximate surface area is 134 Å². The van der Waals surface area contributed by atoms with Gasteiger partial charge in [-0.1, -0.05) is 19.1 Å². The van der Waals surface area contributed by atoms with Crippen molar-refractivity contribution >= 4 is 17.7 Å². The highest BCUT2D eigenvalue weighted by molar-refractivity contribution is 7.99. The first-order valence-electron chi connectivity index (χ1n) is 7.35. The lowest BCUT2D eigenvalue weighted by molar-refractivity contribution is 0.0174. The number of benzene rings is 1. The van der Waals surface area contributed by atoms with Crippen LogP contribution in [0.4, 0.5) is 0 Å². The summed E-state index contributed by atoms with van der Waals surface area (Å²) < 4.78 is 5.78. The largest absolute Gasteiger partial charge is 0.485 e. The topological polar surface area (TPSA) is 42.4 Å². The molecule has 4 nitrogen and oxygen atoms in total. The lowest BCUT2D eigenvalue weighted by Gasteiger charge is -2.39. The van der Waals surface area contributed by atoms with Gasteiger partial charge in [0, 0.05) is 11.1 Å². The molecule has 114 valence electrons. The minimum Gasteiger partial charge on any atom is -0.485 e. The van der Waals surface area contributed by atoms with Crippen LogP contribution in [-0.4, -0.2) is 40.7 Å². The molecule has 1 aliphatic heterocycles. The Morgan fingerprint density at radius 1 is 1.32 bits per heavy atom. The molecule has 0 atom stereocenters. The van der Waals surface area contributed by atoms with E-state index < -0.39 is 0 Å². The molecule has 0 radical (unpaired) electrons. The molecule has 0 aliphatic carbocycles. The van der Waals surface area contributed by atoms with Gasteiger partial charge in [0.2, 0.25) is 0 Å². The Morgan fingerprint density at radius 2 is 2.14 bits per heavy atom. The van der Waals surface area contributed by atoms with E-state index in [2.05, 4.69) is 11.9 Å². The second-order valence-electron chi connectivity index (χ2n) is 5.07. The van der Waals surface area contributed by atoms with Crippen LogP contribution in [0, 0.1) is 0 Å². The highest BCUT2D eigenvalue weighted by Crippen LogP contribution is 2.26. The van der Waals surface area contributed by atoms with Crippen molar-refractivity contribution in [2.45, 2.75) is 17.9 Å². The number of rotatable bonds is 5.